The van der Waals surface area contributed by atoms with Gasteiger partial charge >= 0.3 is 0 Å². The standard InChI is InChI=1S/C14H19N3O3/c1-3-14(4-2)13(19)17(8-12(16)18)10-6-5-9(15)7-11(10)20-14/h5-7H,3-4,8,15H2,1-2H3,(H2,16,18). The van der Waals surface area contributed by atoms with Crippen molar-refractivity contribution < 1.29 is 14.3 Å². The van der Waals surface area contributed by atoms with Crippen LogP contribution in [0.2, 0.25) is 0 Å². The van der Waals surface area contributed by atoms with E-state index in [1.165, 1.54) is 4.90 Å². The van der Waals surface area contributed by atoms with Crippen molar-refractivity contribution in [2.45, 2.75) is 32.3 Å². The molecule has 1 heterocycles. The van der Waals surface area contributed by atoms with Crippen LogP contribution in [0.5, 0.6) is 5.75 Å². The van der Waals surface area contributed by atoms with Crippen LogP contribution in [-0.2, 0) is 9.59 Å². The molecule has 0 unspecified atom stereocenters. The van der Waals surface area contributed by atoms with Crippen LogP contribution in [-0.4, -0.2) is 24.0 Å². The first-order valence-corrected chi connectivity index (χ1v) is 6.62. The first-order valence-electron chi connectivity index (χ1n) is 6.62. The third-order valence-corrected chi connectivity index (χ3v) is 3.67. The van der Waals surface area contributed by atoms with Gasteiger partial charge in [0, 0.05) is 11.8 Å². The molecule has 0 saturated carbocycles. The number of ether oxygens (including phenoxy) is 1. The van der Waals surface area contributed by atoms with E-state index < -0.39 is 11.5 Å². The van der Waals surface area contributed by atoms with Crippen LogP contribution in [0.3, 0.4) is 0 Å². The van der Waals surface area contributed by atoms with Crippen LogP contribution in [0.4, 0.5) is 11.4 Å². The Morgan fingerprint density at radius 1 is 1.35 bits per heavy atom. The Balaban J connectivity index is 2.55. The smallest absolute Gasteiger partial charge is 0.271 e. The molecule has 1 aliphatic heterocycles. The second-order valence-electron chi connectivity index (χ2n) is 4.89. The number of nitrogen functional groups attached to an aromatic ring is 1. The molecule has 2 amide bonds. The van der Waals surface area contributed by atoms with Crippen molar-refractivity contribution >= 4 is 23.2 Å². The molecule has 0 saturated heterocycles. The average molecular weight is 277 g/mol. The number of carbonyl (C=O) groups excluding carboxylic acids is 2. The molecule has 0 radical (unpaired) electrons. The fourth-order valence-corrected chi connectivity index (χ4v) is 2.45. The van der Waals surface area contributed by atoms with E-state index in [9.17, 15) is 9.59 Å². The number of fused-ring (bicyclic) bond motifs is 1. The van der Waals surface area contributed by atoms with Crippen LogP contribution in [0.15, 0.2) is 18.2 Å². The SMILES string of the molecule is CCC1(CC)Oc2cc(N)ccc2N(CC(N)=O)C1=O. The second-order valence-corrected chi connectivity index (χ2v) is 4.89. The summed E-state index contributed by atoms with van der Waals surface area (Å²) in [5, 5.41) is 0. The Morgan fingerprint density at radius 3 is 2.55 bits per heavy atom. The van der Waals surface area contributed by atoms with Crippen LogP contribution in [0.1, 0.15) is 26.7 Å². The molecule has 108 valence electrons. The van der Waals surface area contributed by atoms with Crippen LogP contribution >= 0.6 is 0 Å². The summed E-state index contributed by atoms with van der Waals surface area (Å²) in [6.45, 7) is 3.59. The van der Waals surface area contributed by atoms with Crippen molar-refractivity contribution in [3.63, 3.8) is 0 Å². The zero-order valence-electron chi connectivity index (χ0n) is 11.7. The predicted molar refractivity (Wildman–Crippen MR) is 76.3 cm³/mol. The number of benzene rings is 1. The van der Waals surface area contributed by atoms with Gasteiger partial charge < -0.3 is 16.2 Å². The van der Waals surface area contributed by atoms with Crippen LogP contribution in [0, 0.1) is 0 Å². The van der Waals surface area contributed by atoms with Gasteiger partial charge in [0.2, 0.25) is 5.91 Å². The number of nitrogens with two attached hydrogens (primary N) is 2. The molecule has 1 aromatic carbocycles. The highest BCUT2D eigenvalue weighted by molar-refractivity contribution is 6.06. The van der Waals surface area contributed by atoms with Gasteiger partial charge in [-0.3, -0.25) is 14.5 Å². The molecule has 0 fully saturated rings. The Bertz CT molecular complexity index is 553. The minimum Gasteiger partial charge on any atom is -0.475 e. The third kappa shape index (κ3) is 2.17. The van der Waals surface area contributed by atoms with E-state index in [2.05, 4.69) is 0 Å². The Hall–Kier alpha value is -2.24. The molecule has 1 aromatic rings. The highest BCUT2D eigenvalue weighted by atomic mass is 16.5. The number of primary amides is 1. The largest absolute Gasteiger partial charge is 0.475 e. The monoisotopic (exact) mass is 277 g/mol. The van der Waals surface area contributed by atoms with E-state index in [1.54, 1.807) is 18.2 Å². The van der Waals surface area contributed by atoms with Gasteiger partial charge in [-0.2, -0.15) is 0 Å². The molecule has 6 heteroatoms. The number of hydrogen-bond donors (Lipinski definition) is 2. The average Bonchev–Trinajstić information content (AvgIpc) is 2.41. The molecule has 0 spiro atoms. The lowest BCUT2D eigenvalue weighted by atomic mass is 9.92. The number of anilines is 2. The number of rotatable bonds is 4. The summed E-state index contributed by atoms with van der Waals surface area (Å²) in [7, 11) is 0. The molecule has 0 atom stereocenters. The van der Waals surface area contributed by atoms with Crippen molar-refractivity contribution in [2.75, 3.05) is 17.2 Å². The lowest BCUT2D eigenvalue weighted by molar-refractivity contribution is -0.137. The van der Waals surface area contributed by atoms with Gasteiger partial charge in [0.05, 0.1) is 5.69 Å². The Kier molecular flexibility index (Phi) is 3.57. The van der Waals surface area contributed by atoms with Gasteiger partial charge in [0.25, 0.3) is 5.91 Å². The highest BCUT2D eigenvalue weighted by Gasteiger charge is 2.46. The zero-order chi connectivity index (χ0) is 14.9. The number of nitrogens with zero attached hydrogens (tertiary/aromatic N) is 1. The molecule has 4 N–H and O–H groups in total. The van der Waals surface area contributed by atoms with Gasteiger partial charge in [-0.25, -0.2) is 0 Å². The van der Waals surface area contributed by atoms with Gasteiger partial charge in [-0.05, 0) is 25.0 Å². The summed E-state index contributed by atoms with van der Waals surface area (Å²) < 4.78 is 5.90. The molecule has 1 aliphatic rings. The number of hydrogen-bond acceptors (Lipinski definition) is 4. The van der Waals surface area contributed by atoms with Crippen molar-refractivity contribution in [1.29, 1.82) is 0 Å². The molecular formula is C14H19N3O3. The van der Waals surface area contributed by atoms with Gasteiger partial charge in [0.1, 0.15) is 12.3 Å². The maximum Gasteiger partial charge on any atom is 0.271 e. The number of amides is 2. The molecule has 20 heavy (non-hydrogen) atoms. The summed E-state index contributed by atoms with van der Waals surface area (Å²) in [5.74, 6) is -0.294. The maximum atomic E-state index is 12.7. The van der Waals surface area contributed by atoms with Gasteiger partial charge in [0.15, 0.2) is 5.60 Å². The molecule has 6 nitrogen and oxygen atoms in total. The Labute approximate surface area is 117 Å². The zero-order valence-corrected chi connectivity index (χ0v) is 11.7. The van der Waals surface area contributed by atoms with E-state index in [-0.39, 0.29) is 12.5 Å². The van der Waals surface area contributed by atoms with Crippen LogP contribution in [0.25, 0.3) is 0 Å². The van der Waals surface area contributed by atoms with Gasteiger partial charge in [-0.1, -0.05) is 13.8 Å². The first kappa shape index (κ1) is 14.2. The number of carbonyl (C=O) groups is 2. The molecular weight excluding hydrogens is 258 g/mol. The van der Waals surface area contributed by atoms with E-state index in [0.717, 1.165) is 0 Å². The minimum atomic E-state index is -0.962. The fraction of sp³-hybridized carbons (Fsp3) is 0.429. The topological polar surface area (TPSA) is 98.7 Å². The fourth-order valence-electron chi connectivity index (χ4n) is 2.45. The van der Waals surface area contributed by atoms with Gasteiger partial charge in [-0.15, -0.1) is 0 Å². The minimum absolute atomic E-state index is 0.166. The first-order chi connectivity index (χ1) is 9.43. The van der Waals surface area contributed by atoms with Crippen molar-refractivity contribution in [3.8, 4) is 5.75 Å². The summed E-state index contributed by atoms with van der Waals surface area (Å²) in [5.41, 5.74) is 11.1. The van der Waals surface area contributed by atoms with E-state index >= 15 is 0 Å². The highest BCUT2D eigenvalue weighted by Crippen LogP contribution is 2.41. The summed E-state index contributed by atoms with van der Waals surface area (Å²) >= 11 is 0. The van der Waals surface area contributed by atoms with Crippen molar-refractivity contribution in [1.82, 2.24) is 0 Å². The van der Waals surface area contributed by atoms with Crippen LogP contribution < -0.4 is 21.1 Å². The predicted octanol–water partition coefficient (Wildman–Crippen LogP) is 1.04. The van der Waals surface area contributed by atoms with Crippen molar-refractivity contribution in [3.05, 3.63) is 18.2 Å². The van der Waals surface area contributed by atoms with E-state index in [4.69, 9.17) is 16.2 Å². The summed E-state index contributed by atoms with van der Waals surface area (Å²) in [6, 6.07) is 4.99. The second kappa shape index (κ2) is 5.03. The van der Waals surface area contributed by atoms with Crippen molar-refractivity contribution in [2.24, 2.45) is 5.73 Å². The summed E-state index contributed by atoms with van der Waals surface area (Å²) in [6.07, 6.45) is 1.01. The lowest BCUT2D eigenvalue weighted by Gasteiger charge is -2.41. The molecule has 2 rings (SSSR count). The quantitative estimate of drug-likeness (QED) is 0.803. The maximum absolute atomic E-state index is 12.7. The Morgan fingerprint density at radius 2 is 2.00 bits per heavy atom. The molecule has 0 bridgehead atoms. The molecule has 0 aromatic heterocycles. The lowest BCUT2D eigenvalue weighted by Crippen LogP contribution is -2.57. The van der Waals surface area contributed by atoms with E-state index in [1.807, 2.05) is 13.8 Å². The normalized spacial score (nSPS) is 16.5. The molecule has 0 aliphatic carbocycles. The van der Waals surface area contributed by atoms with E-state index in [0.29, 0.717) is 30.0 Å². The summed E-state index contributed by atoms with van der Waals surface area (Å²) in [4.78, 5) is 25.3. The third-order valence-electron chi connectivity index (χ3n) is 3.67.